The van der Waals surface area contributed by atoms with Crippen LogP contribution in [0.2, 0.25) is 0 Å². The molecule has 1 aromatic heterocycles. The molecule has 1 aliphatic heterocycles. The van der Waals surface area contributed by atoms with Crippen LogP contribution in [0.25, 0.3) is 0 Å². The van der Waals surface area contributed by atoms with E-state index in [1.165, 1.54) is 0 Å². The molecule has 0 bridgehead atoms. The zero-order valence-corrected chi connectivity index (χ0v) is 10.2. The van der Waals surface area contributed by atoms with Crippen molar-refractivity contribution in [3.63, 3.8) is 0 Å². The monoisotopic (exact) mass is 222 g/mol. The molecule has 0 amide bonds. The number of aromatic nitrogens is 1. The Labute approximate surface area is 97.0 Å². The first-order chi connectivity index (χ1) is 7.66. The van der Waals surface area contributed by atoms with Crippen LogP contribution < -0.4 is 4.57 Å². The van der Waals surface area contributed by atoms with E-state index < -0.39 is 0 Å². The number of rotatable bonds is 2. The highest BCUT2D eigenvalue weighted by Crippen LogP contribution is 2.27. The van der Waals surface area contributed by atoms with Crippen molar-refractivity contribution >= 4 is 0 Å². The molecule has 0 spiro atoms. The SMILES string of the molecule is CC(C)C1COC(c2cc[n+](C)cc2)OC1. The van der Waals surface area contributed by atoms with Gasteiger partial charge in [0.1, 0.15) is 7.05 Å². The fourth-order valence-corrected chi connectivity index (χ4v) is 1.77. The molecule has 0 saturated carbocycles. The Morgan fingerprint density at radius 3 is 2.25 bits per heavy atom. The van der Waals surface area contributed by atoms with E-state index in [1.54, 1.807) is 0 Å². The van der Waals surface area contributed by atoms with Crippen LogP contribution in [-0.2, 0) is 16.5 Å². The summed E-state index contributed by atoms with van der Waals surface area (Å²) in [6.07, 6.45) is 3.84. The number of pyridine rings is 1. The molecule has 1 saturated heterocycles. The van der Waals surface area contributed by atoms with Gasteiger partial charge in [-0.05, 0) is 5.92 Å². The third kappa shape index (κ3) is 2.60. The molecule has 1 fully saturated rings. The van der Waals surface area contributed by atoms with E-state index in [9.17, 15) is 0 Å². The number of aryl methyl sites for hydroxylation is 1. The second kappa shape index (κ2) is 4.93. The van der Waals surface area contributed by atoms with Crippen LogP contribution in [0.3, 0.4) is 0 Å². The van der Waals surface area contributed by atoms with Gasteiger partial charge in [0.15, 0.2) is 18.7 Å². The van der Waals surface area contributed by atoms with Crippen LogP contribution in [0.4, 0.5) is 0 Å². The average Bonchev–Trinajstić information content (AvgIpc) is 2.30. The number of hydrogen-bond donors (Lipinski definition) is 0. The molecule has 0 aromatic carbocycles. The molecule has 2 rings (SSSR count). The lowest BCUT2D eigenvalue weighted by Gasteiger charge is -2.31. The number of hydrogen-bond acceptors (Lipinski definition) is 2. The minimum atomic E-state index is -0.184. The summed E-state index contributed by atoms with van der Waals surface area (Å²) in [5, 5.41) is 0. The van der Waals surface area contributed by atoms with Gasteiger partial charge in [0, 0.05) is 23.6 Å². The van der Waals surface area contributed by atoms with Crippen LogP contribution in [0.5, 0.6) is 0 Å². The predicted molar refractivity (Wildman–Crippen MR) is 60.6 cm³/mol. The van der Waals surface area contributed by atoms with Crippen LogP contribution in [-0.4, -0.2) is 13.2 Å². The van der Waals surface area contributed by atoms with Crippen molar-refractivity contribution in [2.75, 3.05) is 13.2 Å². The summed E-state index contributed by atoms with van der Waals surface area (Å²) < 4.78 is 13.5. The third-order valence-electron chi connectivity index (χ3n) is 3.14. The molecule has 3 heteroatoms. The van der Waals surface area contributed by atoms with Crippen molar-refractivity contribution in [2.24, 2.45) is 18.9 Å². The van der Waals surface area contributed by atoms with Crippen molar-refractivity contribution < 1.29 is 14.0 Å². The highest BCUT2D eigenvalue weighted by molar-refractivity contribution is 5.09. The molecule has 0 atom stereocenters. The lowest BCUT2D eigenvalue weighted by atomic mass is 9.97. The molecular formula is C13H20NO2+. The average molecular weight is 222 g/mol. The summed E-state index contributed by atoms with van der Waals surface area (Å²) in [6, 6.07) is 4.08. The van der Waals surface area contributed by atoms with Gasteiger partial charge in [-0.1, -0.05) is 13.8 Å². The first-order valence-electron chi connectivity index (χ1n) is 5.85. The van der Waals surface area contributed by atoms with Gasteiger partial charge in [-0.25, -0.2) is 4.57 Å². The molecule has 0 unspecified atom stereocenters. The van der Waals surface area contributed by atoms with Gasteiger partial charge in [-0.15, -0.1) is 0 Å². The summed E-state index contributed by atoms with van der Waals surface area (Å²) in [7, 11) is 2.00. The van der Waals surface area contributed by atoms with E-state index in [2.05, 4.69) is 13.8 Å². The molecule has 0 radical (unpaired) electrons. The second-order valence-electron chi connectivity index (χ2n) is 4.80. The third-order valence-corrected chi connectivity index (χ3v) is 3.14. The van der Waals surface area contributed by atoms with Crippen molar-refractivity contribution in [3.05, 3.63) is 30.1 Å². The normalized spacial score (nSPS) is 26.0. The van der Waals surface area contributed by atoms with Crippen LogP contribution in [0, 0.1) is 11.8 Å². The smallest absolute Gasteiger partial charge is 0.184 e. The second-order valence-corrected chi connectivity index (χ2v) is 4.80. The fraction of sp³-hybridized carbons (Fsp3) is 0.615. The van der Waals surface area contributed by atoms with Crippen LogP contribution in [0.1, 0.15) is 25.7 Å². The number of nitrogens with zero attached hydrogens (tertiary/aromatic N) is 1. The minimum absolute atomic E-state index is 0.184. The molecule has 3 nitrogen and oxygen atoms in total. The summed E-state index contributed by atoms with van der Waals surface area (Å²) in [6.45, 7) is 6.01. The standard InChI is InChI=1S/C13H20NO2/c1-10(2)12-8-15-13(16-9-12)11-4-6-14(3)7-5-11/h4-7,10,12-13H,8-9H2,1-3H3/q+1. The van der Waals surface area contributed by atoms with Gasteiger partial charge in [-0.2, -0.15) is 0 Å². The van der Waals surface area contributed by atoms with Crippen LogP contribution >= 0.6 is 0 Å². The maximum absolute atomic E-state index is 5.75. The molecule has 2 heterocycles. The summed E-state index contributed by atoms with van der Waals surface area (Å²) in [5.41, 5.74) is 1.10. The highest BCUT2D eigenvalue weighted by Gasteiger charge is 2.25. The zero-order chi connectivity index (χ0) is 11.5. The van der Waals surface area contributed by atoms with E-state index in [0.717, 1.165) is 18.8 Å². The van der Waals surface area contributed by atoms with Gasteiger partial charge < -0.3 is 9.47 Å². The molecule has 0 aliphatic carbocycles. The van der Waals surface area contributed by atoms with E-state index in [1.807, 2.05) is 36.1 Å². The number of ether oxygens (including phenoxy) is 2. The Hall–Kier alpha value is -0.930. The van der Waals surface area contributed by atoms with Gasteiger partial charge in [0.05, 0.1) is 13.2 Å². The predicted octanol–water partition coefficient (Wildman–Crippen LogP) is 1.83. The van der Waals surface area contributed by atoms with Gasteiger partial charge >= 0.3 is 0 Å². The fourth-order valence-electron chi connectivity index (χ4n) is 1.77. The highest BCUT2D eigenvalue weighted by atomic mass is 16.7. The maximum Gasteiger partial charge on any atom is 0.184 e. The van der Waals surface area contributed by atoms with Crippen LogP contribution in [0.15, 0.2) is 24.5 Å². The molecule has 0 N–H and O–H groups in total. The van der Waals surface area contributed by atoms with Crippen molar-refractivity contribution in [3.8, 4) is 0 Å². The van der Waals surface area contributed by atoms with Crippen molar-refractivity contribution in [1.29, 1.82) is 0 Å². The van der Waals surface area contributed by atoms with Crippen molar-refractivity contribution in [1.82, 2.24) is 0 Å². The topological polar surface area (TPSA) is 22.3 Å². The quantitative estimate of drug-likeness (QED) is 0.712. The Bertz CT molecular complexity index is 326. The Morgan fingerprint density at radius 2 is 1.75 bits per heavy atom. The molecule has 1 aromatic rings. The van der Waals surface area contributed by atoms with E-state index >= 15 is 0 Å². The zero-order valence-electron chi connectivity index (χ0n) is 10.2. The first-order valence-corrected chi connectivity index (χ1v) is 5.85. The van der Waals surface area contributed by atoms with Crippen molar-refractivity contribution in [2.45, 2.75) is 20.1 Å². The largest absolute Gasteiger partial charge is 0.348 e. The molecule has 16 heavy (non-hydrogen) atoms. The first kappa shape index (κ1) is 11.6. The van der Waals surface area contributed by atoms with Gasteiger partial charge in [0.25, 0.3) is 0 Å². The summed E-state index contributed by atoms with van der Waals surface area (Å²) >= 11 is 0. The summed E-state index contributed by atoms with van der Waals surface area (Å²) in [4.78, 5) is 0. The van der Waals surface area contributed by atoms with E-state index in [-0.39, 0.29) is 6.29 Å². The van der Waals surface area contributed by atoms with Gasteiger partial charge in [-0.3, -0.25) is 0 Å². The Morgan fingerprint density at radius 1 is 1.19 bits per heavy atom. The minimum Gasteiger partial charge on any atom is -0.348 e. The van der Waals surface area contributed by atoms with E-state index in [0.29, 0.717) is 11.8 Å². The molecule has 1 aliphatic rings. The van der Waals surface area contributed by atoms with Gasteiger partial charge in [0.2, 0.25) is 0 Å². The lowest BCUT2D eigenvalue weighted by Crippen LogP contribution is -2.31. The Kier molecular flexibility index (Phi) is 3.56. The molecular weight excluding hydrogens is 202 g/mol. The lowest BCUT2D eigenvalue weighted by molar-refractivity contribution is -0.671. The summed E-state index contributed by atoms with van der Waals surface area (Å²) in [5.74, 6) is 1.14. The van der Waals surface area contributed by atoms with E-state index in [4.69, 9.17) is 9.47 Å². The Balaban J connectivity index is 1.96. The maximum atomic E-state index is 5.75. The molecule has 88 valence electrons.